The number of thioether (sulfide) groups is 1. The first-order chi connectivity index (χ1) is 16.0. The van der Waals surface area contributed by atoms with Gasteiger partial charge in [-0.15, -0.1) is 11.8 Å². The monoisotopic (exact) mass is 461 g/mol. The van der Waals surface area contributed by atoms with E-state index in [0.29, 0.717) is 24.5 Å². The number of rotatable bonds is 4. The minimum Gasteiger partial charge on any atom is -0.383 e. The van der Waals surface area contributed by atoms with Gasteiger partial charge in [0.1, 0.15) is 12.4 Å². The molecule has 5 rings (SSSR count). The second-order valence-corrected chi connectivity index (χ2v) is 9.60. The van der Waals surface area contributed by atoms with Gasteiger partial charge in [-0.05, 0) is 36.6 Å². The van der Waals surface area contributed by atoms with E-state index >= 15 is 0 Å². The lowest BCUT2D eigenvalue weighted by atomic mass is 9.94. The van der Waals surface area contributed by atoms with Gasteiger partial charge in [-0.2, -0.15) is 0 Å². The lowest BCUT2D eigenvalue weighted by Crippen LogP contribution is -2.58. The van der Waals surface area contributed by atoms with Gasteiger partial charge in [0, 0.05) is 35.6 Å². The first-order valence-electron chi connectivity index (χ1n) is 11.1. The van der Waals surface area contributed by atoms with Crippen LogP contribution in [0.15, 0.2) is 70.5 Å². The van der Waals surface area contributed by atoms with Gasteiger partial charge >= 0.3 is 0 Å². The van der Waals surface area contributed by atoms with Crippen LogP contribution in [0.25, 0.3) is 0 Å². The Labute approximate surface area is 197 Å². The van der Waals surface area contributed by atoms with E-state index in [-0.39, 0.29) is 23.4 Å². The number of amides is 1. The highest BCUT2D eigenvalue weighted by Gasteiger charge is 2.39. The Kier molecular flexibility index (Phi) is 5.76. The maximum Gasteiger partial charge on any atom is 0.274 e. The Balaban J connectivity index is 1.75. The number of carbonyl (C=O) groups is 1. The first kappa shape index (κ1) is 21.8. The van der Waals surface area contributed by atoms with Crippen LogP contribution in [0, 0.1) is 6.92 Å². The van der Waals surface area contributed by atoms with Gasteiger partial charge in [0.25, 0.3) is 5.91 Å². The van der Waals surface area contributed by atoms with Crippen LogP contribution in [-0.2, 0) is 10.5 Å². The smallest absolute Gasteiger partial charge is 0.274 e. The van der Waals surface area contributed by atoms with Crippen LogP contribution >= 0.6 is 11.8 Å². The van der Waals surface area contributed by atoms with Crippen molar-refractivity contribution in [1.29, 1.82) is 0 Å². The van der Waals surface area contributed by atoms with Gasteiger partial charge < -0.3 is 9.64 Å². The summed E-state index contributed by atoms with van der Waals surface area (Å²) in [7, 11) is 1.64. The molecule has 1 amide bonds. The van der Waals surface area contributed by atoms with Crippen LogP contribution in [-0.4, -0.2) is 41.9 Å². The highest BCUT2D eigenvalue weighted by Crippen LogP contribution is 2.42. The number of methoxy groups -OCH3 is 1. The van der Waals surface area contributed by atoms with Crippen LogP contribution in [0.5, 0.6) is 0 Å². The summed E-state index contributed by atoms with van der Waals surface area (Å²) in [5, 5.41) is 2.21. The number of hydrogen-bond acceptors (Lipinski definition) is 5. The van der Waals surface area contributed by atoms with Gasteiger partial charge in [-0.25, -0.2) is 0 Å². The fourth-order valence-electron chi connectivity index (χ4n) is 4.81. The topological polar surface area (TPSA) is 54.8 Å². The molecular weight excluding hydrogens is 434 g/mol. The molecule has 1 unspecified atom stereocenters. The third-order valence-electron chi connectivity index (χ3n) is 6.54. The Morgan fingerprint density at radius 1 is 1.06 bits per heavy atom. The highest BCUT2D eigenvalue weighted by molar-refractivity contribution is 7.98. The molecule has 7 heteroatoms. The van der Waals surface area contributed by atoms with Crippen molar-refractivity contribution in [2.45, 2.75) is 36.6 Å². The molecule has 3 aromatic rings. The molecule has 0 saturated carbocycles. The fraction of sp³-hybridized carbons (Fsp3) is 0.308. The molecule has 0 fully saturated rings. The van der Waals surface area contributed by atoms with E-state index in [4.69, 9.17) is 4.74 Å². The molecule has 2 atom stereocenters. The summed E-state index contributed by atoms with van der Waals surface area (Å²) >= 11 is 1.84. The van der Waals surface area contributed by atoms with Crippen molar-refractivity contribution in [3.05, 3.63) is 99.0 Å². The maximum absolute atomic E-state index is 13.6. The van der Waals surface area contributed by atoms with Crippen LogP contribution < -0.4 is 10.4 Å². The third-order valence-corrected chi connectivity index (χ3v) is 7.68. The molecule has 2 aliphatic rings. The summed E-state index contributed by atoms with van der Waals surface area (Å²) < 4.78 is 7.27. The fourth-order valence-corrected chi connectivity index (χ4v) is 5.91. The van der Waals surface area contributed by atoms with E-state index in [0.717, 1.165) is 5.75 Å². The van der Waals surface area contributed by atoms with Crippen molar-refractivity contribution in [1.82, 2.24) is 9.58 Å². The van der Waals surface area contributed by atoms with Crippen LogP contribution in [0.4, 0.5) is 0 Å². The minimum atomic E-state index is -0.143. The van der Waals surface area contributed by atoms with Crippen molar-refractivity contribution in [2.75, 3.05) is 25.4 Å². The molecule has 1 aromatic heterocycles. The number of fused-ring (bicyclic) bond motifs is 3. The second kappa shape index (κ2) is 8.72. The first-order valence-corrected chi connectivity index (χ1v) is 12.1. The maximum atomic E-state index is 13.6. The largest absolute Gasteiger partial charge is 0.383 e. The molecule has 2 aromatic carbocycles. The lowest BCUT2D eigenvalue weighted by Gasteiger charge is -2.46. The van der Waals surface area contributed by atoms with Gasteiger partial charge in [0.2, 0.25) is 0 Å². The number of nitrogens with zero attached hydrogens (tertiary/aromatic N) is 3. The molecule has 0 bridgehead atoms. The van der Waals surface area contributed by atoms with Gasteiger partial charge in [-0.3, -0.25) is 19.3 Å². The van der Waals surface area contributed by atoms with E-state index in [1.54, 1.807) is 26.3 Å². The summed E-state index contributed by atoms with van der Waals surface area (Å²) in [6.45, 7) is 4.52. The third kappa shape index (κ3) is 3.65. The van der Waals surface area contributed by atoms with Crippen LogP contribution in [0.3, 0.4) is 0 Å². The molecule has 170 valence electrons. The summed E-state index contributed by atoms with van der Waals surface area (Å²) in [6, 6.07) is 18.3. The number of benzene rings is 2. The molecule has 0 spiro atoms. The quantitative estimate of drug-likeness (QED) is 0.589. The van der Waals surface area contributed by atoms with Crippen molar-refractivity contribution >= 4 is 17.7 Å². The molecule has 0 saturated heterocycles. The minimum absolute atomic E-state index is 0.113. The number of hydrogen-bond donors (Lipinski definition) is 0. The van der Waals surface area contributed by atoms with Crippen LogP contribution in [0.2, 0.25) is 0 Å². The zero-order valence-corrected chi connectivity index (χ0v) is 19.8. The van der Waals surface area contributed by atoms with Crippen molar-refractivity contribution in [3.8, 4) is 0 Å². The van der Waals surface area contributed by atoms with Crippen molar-refractivity contribution < 1.29 is 9.53 Å². The predicted octanol–water partition coefficient (Wildman–Crippen LogP) is 3.94. The zero-order chi connectivity index (χ0) is 23.1. The highest BCUT2D eigenvalue weighted by atomic mass is 32.2. The van der Waals surface area contributed by atoms with Gasteiger partial charge in [0.05, 0.1) is 18.7 Å². The van der Waals surface area contributed by atoms with E-state index in [2.05, 4.69) is 53.5 Å². The molecule has 0 radical (unpaired) electrons. The molecular formula is C26H27N3O3S. The summed E-state index contributed by atoms with van der Waals surface area (Å²) in [5.74, 6) is 0.742. The number of aromatic nitrogens is 1. The molecule has 0 N–H and O–H groups in total. The number of ether oxygens (including phenoxy) is 1. The molecule has 6 nitrogen and oxygen atoms in total. The normalized spacial score (nSPS) is 18.3. The zero-order valence-electron chi connectivity index (χ0n) is 19.0. The van der Waals surface area contributed by atoms with Gasteiger partial charge in [0.15, 0.2) is 5.43 Å². The summed E-state index contributed by atoms with van der Waals surface area (Å²) in [4.78, 5) is 29.2. The van der Waals surface area contributed by atoms with Crippen molar-refractivity contribution in [2.24, 2.45) is 0 Å². The van der Waals surface area contributed by atoms with E-state index in [1.807, 2.05) is 28.3 Å². The second-order valence-electron chi connectivity index (χ2n) is 8.59. The molecule has 3 heterocycles. The Morgan fingerprint density at radius 3 is 2.58 bits per heavy atom. The van der Waals surface area contributed by atoms with E-state index in [1.165, 1.54) is 21.6 Å². The van der Waals surface area contributed by atoms with Crippen LogP contribution in [0.1, 0.15) is 45.7 Å². The SMILES string of the molecule is COC[C@H](C)N1CN(C2c3ccccc3CSc3ccccc32)n2ccc(=O)c(C)c2C1=O. The Hall–Kier alpha value is -3.03. The van der Waals surface area contributed by atoms with Crippen molar-refractivity contribution in [3.63, 3.8) is 0 Å². The lowest BCUT2D eigenvalue weighted by molar-refractivity contribution is 0.0475. The predicted molar refractivity (Wildman–Crippen MR) is 130 cm³/mol. The standard InChI is InChI=1S/C26H27N3O3S/c1-17(14-32-3)27-16-29(28-13-12-22(30)18(2)24(28)26(27)31)25-20-9-5-4-8-19(20)15-33-23-11-7-6-10-21(23)25/h4-13,17,25H,14-16H2,1-3H3/t17-,25?/m0/s1. The number of carbonyl (C=O) groups excluding carboxylic acids is 1. The average Bonchev–Trinajstić information content (AvgIpc) is 2.99. The van der Waals surface area contributed by atoms with E-state index < -0.39 is 0 Å². The number of pyridine rings is 1. The Morgan fingerprint density at radius 2 is 1.79 bits per heavy atom. The van der Waals surface area contributed by atoms with E-state index in [9.17, 15) is 9.59 Å². The molecule has 2 aliphatic heterocycles. The van der Waals surface area contributed by atoms with Gasteiger partial charge in [-0.1, -0.05) is 42.5 Å². The Bertz CT molecular complexity index is 1220. The average molecular weight is 462 g/mol. The summed E-state index contributed by atoms with van der Waals surface area (Å²) in [5.41, 5.74) is 4.44. The molecule has 0 aliphatic carbocycles. The molecule has 33 heavy (non-hydrogen) atoms. The summed E-state index contributed by atoms with van der Waals surface area (Å²) in [6.07, 6.45) is 1.74.